The molecule has 0 radical (unpaired) electrons. The molecule has 3 aromatic rings. The van der Waals surface area contributed by atoms with E-state index in [1.54, 1.807) is 12.1 Å². The molecule has 2 aliphatic rings. The van der Waals surface area contributed by atoms with Gasteiger partial charge in [-0.15, -0.1) is 0 Å². The Morgan fingerprint density at radius 3 is 2.66 bits per heavy atom. The molecule has 3 heterocycles. The van der Waals surface area contributed by atoms with Gasteiger partial charge in [-0.3, -0.25) is 4.90 Å². The van der Waals surface area contributed by atoms with Crippen LogP contribution in [0.4, 0.5) is 17.3 Å². The van der Waals surface area contributed by atoms with Crippen molar-refractivity contribution in [3.63, 3.8) is 0 Å². The van der Waals surface area contributed by atoms with Gasteiger partial charge < -0.3 is 15.0 Å². The quantitative estimate of drug-likeness (QED) is 0.664. The fourth-order valence-electron chi connectivity index (χ4n) is 4.27. The molecule has 0 saturated carbocycles. The highest BCUT2D eigenvalue weighted by Gasteiger charge is 2.33. The van der Waals surface area contributed by atoms with Crippen LogP contribution in [0.25, 0.3) is 11.4 Å². The molecule has 1 atom stereocenters. The highest BCUT2D eigenvalue weighted by Crippen LogP contribution is 2.25. The molecule has 2 fully saturated rings. The van der Waals surface area contributed by atoms with Gasteiger partial charge in [-0.2, -0.15) is 10.2 Å². The largest absolute Gasteiger partial charge is 0.378 e. The van der Waals surface area contributed by atoms with Crippen LogP contribution in [-0.2, 0) is 4.74 Å². The smallest absolute Gasteiger partial charge is 0.230 e. The first-order valence-electron chi connectivity index (χ1n) is 10.8. The Kier molecular flexibility index (Phi) is 5.67. The van der Waals surface area contributed by atoms with Gasteiger partial charge in [-0.05, 0) is 43.3 Å². The topological polar surface area (TPSA) is 90.2 Å². The van der Waals surface area contributed by atoms with Crippen molar-refractivity contribution < 1.29 is 4.74 Å². The predicted octanol–water partition coefficient (Wildman–Crippen LogP) is 3.06. The van der Waals surface area contributed by atoms with Gasteiger partial charge in [0.15, 0.2) is 5.82 Å². The highest BCUT2D eigenvalue weighted by atomic mass is 16.5. The van der Waals surface area contributed by atoms with Crippen LogP contribution >= 0.6 is 0 Å². The Labute approximate surface area is 187 Å². The lowest BCUT2D eigenvalue weighted by molar-refractivity contribution is -0.0792. The Morgan fingerprint density at radius 2 is 1.94 bits per heavy atom. The van der Waals surface area contributed by atoms with E-state index in [2.05, 4.69) is 55.2 Å². The van der Waals surface area contributed by atoms with Gasteiger partial charge in [0.2, 0.25) is 5.95 Å². The van der Waals surface area contributed by atoms with Crippen molar-refractivity contribution in [2.75, 3.05) is 43.1 Å². The van der Waals surface area contributed by atoms with Crippen LogP contribution in [0.5, 0.6) is 0 Å². The van der Waals surface area contributed by atoms with E-state index < -0.39 is 0 Å². The number of ether oxygens (including phenoxy) is 1. The number of hydrogen-bond acceptors (Lipinski definition) is 8. The van der Waals surface area contributed by atoms with Crippen molar-refractivity contribution in [2.45, 2.75) is 19.0 Å². The zero-order chi connectivity index (χ0) is 21.9. The van der Waals surface area contributed by atoms with Gasteiger partial charge >= 0.3 is 0 Å². The molecule has 8 nitrogen and oxygen atoms in total. The van der Waals surface area contributed by atoms with E-state index in [-0.39, 0.29) is 0 Å². The zero-order valence-electron chi connectivity index (χ0n) is 18.0. The summed E-state index contributed by atoms with van der Waals surface area (Å²) in [7, 11) is 0. The first-order valence-corrected chi connectivity index (χ1v) is 10.8. The lowest BCUT2D eigenvalue weighted by Crippen LogP contribution is -2.60. The second kappa shape index (κ2) is 8.91. The molecule has 2 aromatic carbocycles. The lowest BCUT2D eigenvalue weighted by Gasteiger charge is -2.47. The average Bonchev–Trinajstić information content (AvgIpc) is 2.80. The lowest BCUT2D eigenvalue weighted by atomic mass is 10.1. The van der Waals surface area contributed by atoms with E-state index in [0.29, 0.717) is 29.4 Å². The summed E-state index contributed by atoms with van der Waals surface area (Å²) in [4.78, 5) is 18.0. The zero-order valence-corrected chi connectivity index (χ0v) is 18.0. The average molecular weight is 428 g/mol. The standard InChI is InChI=1S/C24H25N7O/c1-17-13-30(9-10-31(17)22-14-32-15-22)21-7-5-20(6-8-21)28-24-27-16-26-23(29-24)19-4-2-3-18(11-19)12-25/h2-8,11,16-17,22H,9-10,13-15H2,1H3,(H,26,27,28,29)/t17-/m1/s1. The number of benzene rings is 2. The number of anilines is 3. The number of hydrogen-bond donors (Lipinski definition) is 1. The normalized spacial score (nSPS) is 19.2. The maximum Gasteiger partial charge on any atom is 0.230 e. The molecule has 0 aliphatic carbocycles. The maximum absolute atomic E-state index is 9.11. The molecular weight excluding hydrogens is 402 g/mol. The van der Waals surface area contributed by atoms with E-state index in [1.807, 2.05) is 24.3 Å². The fourth-order valence-corrected chi connectivity index (χ4v) is 4.27. The van der Waals surface area contributed by atoms with Crippen molar-refractivity contribution in [2.24, 2.45) is 0 Å². The molecule has 8 heteroatoms. The van der Waals surface area contributed by atoms with E-state index in [0.717, 1.165) is 44.1 Å². The van der Waals surface area contributed by atoms with E-state index in [9.17, 15) is 0 Å². The van der Waals surface area contributed by atoms with Crippen molar-refractivity contribution in [3.05, 3.63) is 60.4 Å². The number of nitrogens with zero attached hydrogens (tertiary/aromatic N) is 6. The van der Waals surface area contributed by atoms with Crippen LogP contribution in [-0.4, -0.2) is 64.8 Å². The molecule has 2 saturated heterocycles. The van der Waals surface area contributed by atoms with Gasteiger partial charge in [0.05, 0.1) is 30.9 Å². The van der Waals surface area contributed by atoms with Gasteiger partial charge in [0.25, 0.3) is 0 Å². The van der Waals surface area contributed by atoms with Crippen LogP contribution in [0.1, 0.15) is 12.5 Å². The van der Waals surface area contributed by atoms with Gasteiger partial charge in [0.1, 0.15) is 6.33 Å². The predicted molar refractivity (Wildman–Crippen MR) is 123 cm³/mol. The summed E-state index contributed by atoms with van der Waals surface area (Å²) in [5, 5.41) is 12.4. The van der Waals surface area contributed by atoms with Gasteiger partial charge in [-0.1, -0.05) is 12.1 Å². The van der Waals surface area contributed by atoms with Gasteiger partial charge in [-0.25, -0.2) is 9.97 Å². The molecular formula is C24H25N7O. The van der Waals surface area contributed by atoms with Gasteiger partial charge in [0, 0.05) is 42.6 Å². The first-order chi connectivity index (χ1) is 15.7. The fraction of sp³-hybridized carbons (Fsp3) is 0.333. The minimum atomic E-state index is 0.468. The minimum absolute atomic E-state index is 0.468. The Hall–Kier alpha value is -3.54. The molecule has 162 valence electrons. The SMILES string of the molecule is C[C@@H]1CN(c2ccc(Nc3ncnc(-c4cccc(C#N)c4)n3)cc2)CCN1C1COC1. The molecule has 0 bridgehead atoms. The van der Waals surface area contributed by atoms with Crippen LogP contribution in [0.2, 0.25) is 0 Å². The molecule has 5 rings (SSSR count). The van der Waals surface area contributed by atoms with Crippen LogP contribution in [0.15, 0.2) is 54.9 Å². The Bertz CT molecular complexity index is 1120. The highest BCUT2D eigenvalue weighted by molar-refractivity contribution is 5.62. The summed E-state index contributed by atoms with van der Waals surface area (Å²) in [5.41, 5.74) is 3.49. The van der Waals surface area contributed by atoms with Crippen LogP contribution in [0.3, 0.4) is 0 Å². The summed E-state index contributed by atoms with van der Waals surface area (Å²) < 4.78 is 5.36. The van der Waals surface area contributed by atoms with Crippen LogP contribution < -0.4 is 10.2 Å². The molecule has 32 heavy (non-hydrogen) atoms. The molecule has 0 spiro atoms. The summed E-state index contributed by atoms with van der Waals surface area (Å²) in [5.74, 6) is 0.995. The molecule has 0 amide bonds. The second-order valence-electron chi connectivity index (χ2n) is 8.22. The third kappa shape index (κ3) is 4.26. The van der Waals surface area contributed by atoms with E-state index >= 15 is 0 Å². The van der Waals surface area contributed by atoms with E-state index in [4.69, 9.17) is 10.00 Å². The number of piperazine rings is 1. The second-order valence-corrected chi connectivity index (χ2v) is 8.22. The summed E-state index contributed by atoms with van der Waals surface area (Å²) in [6.45, 7) is 7.13. The first kappa shape index (κ1) is 20.4. The van der Waals surface area contributed by atoms with Crippen molar-refractivity contribution in [3.8, 4) is 17.5 Å². The number of aromatic nitrogens is 3. The molecule has 2 aliphatic heterocycles. The van der Waals surface area contributed by atoms with E-state index in [1.165, 1.54) is 12.0 Å². The Balaban J connectivity index is 1.25. The van der Waals surface area contributed by atoms with Crippen molar-refractivity contribution >= 4 is 17.3 Å². The maximum atomic E-state index is 9.11. The number of nitrogens with one attached hydrogen (secondary N) is 1. The third-order valence-corrected chi connectivity index (χ3v) is 6.08. The molecule has 0 unspecified atom stereocenters. The monoisotopic (exact) mass is 427 g/mol. The minimum Gasteiger partial charge on any atom is -0.378 e. The summed E-state index contributed by atoms with van der Waals surface area (Å²) in [6.07, 6.45) is 1.48. The summed E-state index contributed by atoms with van der Waals surface area (Å²) >= 11 is 0. The van der Waals surface area contributed by atoms with Crippen molar-refractivity contribution in [1.82, 2.24) is 19.9 Å². The number of nitriles is 1. The molecule has 1 N–H and O–H groups in total. The summed E-state index contributed by atoms with van der Waals surface area (Å²) in [6, 6.07) is 18.8. The third-order valence-electron chi connectivity index (χ3n) is 6.08. The van der Waals surface area contributed by atoms with Crippen molar-refractivity contribution in [1.29, 1.82) is 5.26 Å². The number of rotatable bonds is 5. The Morgan fingerprint density at radius 1 is 1.09 bits per heavy atom. The molecule has 1 aromatic heterocycles. The van der Waals surface area contributed by atoms with Crippen LogP contribution in [0, 0.1) is 11.3 Å².